The van der Waals surface area contributed by atoms with Gasteiger partial charge in [-0.1, -0.05) is 20.3 Å². The molecule has 0 aromatic heterocycles. The van der Waals surface area contributed by atoms with Gasteiger partial charge >= 0.3 is 0 Å². The lowest BCUT2D eigenvalue weighted by Gasteiger charge is -2.38. The molecule has 1 heterocycles. The fraction of sp³-hybridized carbons (Fsp3) is 1.00. The maximum absolute atomic E-state index is 6.40. The SMILES string of the molecule is CCC(C)C1CCC(OC2CCN(C(C)C)CC2)CC1. The highest BCUT2D eigenvalue weighted by Crippen LogP contribution is 2.34. The van der Waals surface area contributed by atoms with E-state index < -0.39 is 0 Å². The smallest absolute Gasteiger partial charge is 0.0603 e. The Hall–Kier alpha value is -0.0800. The molecule has 0 aromatic carbocycles. The molecule has 0 radical (unpaired) electrons. The molecular formula is C18H35NO. The Balaban J connectivity index is 1.66. The van der Waals surface area contributed by atoms with Gasteiger partial charge in [0.1, 0.15) is 0 Å². The van der Waals surface area contributed by atoms with Crippen LogP contribution in [-0.4, -0.2) is 36.2 Å². The van der Waals surface area contributed by atoms with E-state index in [-0.39, 0.29) is 0 Å². The predicted octanol–water partition coefficient (Wildman–Crippen LogP) is 4.48. The maximum atomic E-state index is 6.40. The molecule has 0 bridgehead atoms. The topological polar surface area (TPSA) is 12.5 Å². The van der Waals surface area contributed by atoms with Crippen molar-refractivity contribution in [2.45, 2.75) is 90.9 Å². The fourth-order valence-electron chi connectivity index (χ4n) is 3.93. The van der Waals surface area contributed by atoms with Crippen LogP contribution in [-0.2, 0) is 4.74 Å². The summed E-state index contributed by atoms with van der Waals surface area (Å²) in [5, 5.41) is 0. The Kier molecular flexibility index (Phi) is 6.35. The van der Waals surface area contributed by atoms with Crippen molar-refractivity contribution in [1.82, 2.24) is 4.90 Å². The van der Waals surface area contributed by atoms with E-state index in [9.17, 15) is 0 Å². The molecule has 1 unspecified atom stereocenters. The van der Waals surface area contributed by atoms with Crippen molar-refractivity contribution in [3.8, 4) is 0 Å². The van der Waals surface area contributed by atoms with Gasteiger partial charge in [-0.15, -0.1) is 0 Å². The van der Waals surface area contributed by atoms with Gasteiger partial charge in [0.2, 0.25) is 0 Å². The quantitative estimate of drug-likeness (QED) is 0.736. The molecule has 0 spiro atoms. The Morgan fingerprint density at radius 3 is 1.95 bits per heavy atom. The first kappa shape index (κ1) is 16.3. The van der Waals surface area contributed by atoms with Gasteiger partial charge in [-0.25, -0.2) is 0 Å². The second-order valence-corrected chi connectivity index (χ2v) is 7.39. The van der Waals surface area contributed by atoms with Crippen LogP contribution in [0.2, 0.25) is 0 Å². The molecule has 2 heteroatoms. The summed E-state index contributed by atoms with van der Waals surface area (Å²) < 4.78 is 6.40. The predicted molar refractivity (Wildman–Crippen MR) is 86.0 cm³/mol. The van der Waals surface area contributed by atoms with E-state index in [2.05, 4.69) is 32.6 Å². The van der Waals surface area contributed by atoms with Crippen molar-refractivity contribution in [2.24, 2.45) is 11.8 Å². The van der Waals surface area contributed by atoms with Crippen molar-refractivity contribution >= 4 is 0 Å². The Labute approximate surface area is 126 Å². The maximum Gasteiger partial charge on any atom is 0.0603 e. The highest BCUT2D eigenvalue weighted by Gasteiger charge is 2.28. The molecule has 1 saturated carbocycles. The average Bonchev–Trinajstić information content (AvgIpc) is 2.48. The van der Waals surface area contributed by atoms with E-state index in [0.717, 1.165) is 11.8 Å². The zero-order valence-electron chi connectivity index (χ0n) is 14.1. The van der Waals surface area contributed by atoms with Gasteiger partial charge in [0.15, 0.2) is 0 Å². The molecule has 1 atom stereocenters. The van der Waals surface area contributed by atoms with Crippen molar-refractivity contribution in [2.75, 3.05) is 13.1 Å². The van der Waals surface area contributed by atoms with Crippen LogP contribution in [0.25, 0.3) is 0 Å². The van der Waals surface area contributed by atoms with Crippen molar-refractivity contribution < 1.29 is 4.74 Å². The van der Waals surface area contributed by atoms with Crippen LogP contribution < -0.4 is 0 Å². The lowest BCUT2D eigenvalue weighted by atomic mass is 9.79. The first-order valence-corrected chi connectivity index (χ1v) is 8.99. The highest BCUT2D eigenvalue weighted by molar-refractivity contribution is 4.79. The first-order chi connectivity index (χ1) is 9.60. The zero-order chi connectivity index (χ0) is 14.5. The lowest BCUT2D eigenvalue weighted by Crippen LogP contribution is -2.42. The van der Waals surface area contributed by atoms with Crippen molar-refractivity contribution in [1.29, 1.82) is 0 Å². The summed E-state index contributed by atoms with van der Waals surface area (Å²) in [5.41, 5.74) is 0. The van der Waals surface area contributed by atoms with Crippen LogP contribution in [0.4, 0.5) is 0 Å². The molecular weight excluding hydrogens is 246 g/mol. The molecule has 2 aliphatic rings. The van der Waals surface area contributed by atoms with Crippen molar-refractivity contribution in [3.63, 3.8) is 0 Å². The largest absolute Gasteiger partial charge is 0.375 e. The van der Waals surface area contributed by atoms with Gasteiger partial charge in [0.25, 0.3) is 0 Å². The second kappa shape index (κ2) is 7.79. The molecule has 0 N–H and O–H groups in total. The van der Waals surface area contributed by atoms with E-state index in [0.29, 0.717) is 18.2 Å². The molecule has 20 heavy (non-hydrogen) atoms. The Morgan fingerprint density at radius 1 is 0.900 bits per heavy atom. The number of hydrogen-bond donors (Lipinski definition) is 0. The summed E-state index contributed by atoms with van der Waals surface area (Å²) in [6.45, 7) is 11.8. The molecule has 2 rings (SSSR count). The van der Waals surface area contributed by atoms with Crippen LogP contribution in [0.1, 0.15) is 72.6 Å². The third-order valence-electron chi connectivity index (χ3n) is 5.76. The third kappa shape index (κ3) is 4.46. The minimum Gasteiger partial charge on any atom is -0.375 e. The molecule has 1 aliphatic carbocycles. The van der Waals surface area contributed by atoms with E-state index in [1.807, 2.05) is 0 Å². The summed E-state index contributed by atoms with van der Waals surface area (Å²) in [7, 11) is 0. The second-order valence-electron chi connectivity index (χ2n) is 7.39. The fourth-order valence-corrected chi connectivity index (χ4v) is 3.93. The Bertz CT molecular complexity index is 263. The van der Waals surface area contributed by atoms with Gasteiger partial charge in [0, 0.05) is 19.1 Å². The number of rotatable bonds is 5. The van der Waals surface area contributed by atoms with Crippen molar-refractivity contribution in [3.05, 3.63) is 0 Å². The van der Waals surface area contributed by atoms with Crippen LogP contribution in [0, 0.1) is 11.8 Å². The minimum absolute atomic E-state index is 0.537. The monoisotopic (exact) mass is 281 g/mol. The van der Waals surface area contributed by atoms with E-state index in [4.69, 9.17) is 4.74 Å². The van der Waals surface area contributed by atoms with Gasteiger partial charge in [-0.3, -0.25) is 0 Å². The zero-order valence-corrected chi connectivity index (χ0v) is 14.1. The molecule has 1 saturated heterocycles. The summed E-state index contributed by atoms with van der Waals surface area (Å²) >= 11 is 0. The lowest BCUT2D eigenvalue weighted by molar-refractivity contribution is -0.0659. The Morgan fingerprint density at radius 2 is 1.45 bits per heavy atom. The van der Waals surface area contributed by atoms with Crippen LogP contribution in [0.15, 0.2) is 0 Å². The van der Waals surface area contributed by atoms with Crippen LogP contribution >= 0.6 is 0 Å². The molecule has 1 aliphatic heterocycles. The summed E-state index contributed by atoms with van der Waals surface area (Å²) in [4.78, 5) is 2.58. The summed E-state index contributed by atoms with van der Waals surface area (Å²) in [6, 6.07) is 0.696. The third-order valence-corrected chi connectivity index (χ3v) is 5.76. The number of nitrogens with zero attached hydrogens (tertiary/aromatic N) is 1. The number of hydrogen-bond acceptors (Lipinski definition) is 2. The van der Waals surface area contributed by atoms with E-state index in [1.165, 1.54) is 58.0 Å². The van der Waals surface area contributed by atoms with Gasteiger partial charge in [0.05, 0.1) is 12.2 Å². The standard InChI is InChI=1S/C18H35NO/c1-5-15(4)16-6-8-17(9-7-16)20-18-10-12-19(13-11-18)14(2)3/h14-18H,5-13H2,1-4H3. The number of ether oxygens (including phenoxy) is 1. The van der Waals surface area contributed by atoms with Crippen LogP contribution in [0.3, 0.4) is 0 Å². The summed E-state index contributed by atoms with van der Waals surface area (Å²) in [6.07, 6.45) is 10.3. The normalized spacial score (nSPS) is 31.6. The molecule has 0 amide bonds. The van der Waals surface area contributed by atoms with E-state index in [1.54, 1.807) is 0 Å². The minimum atomic E-state index is 0.537. The highest BCUT2D eigenvalue weighted by atomic mass is 16.5. The molecule has 2 nitrogen and oxygen atoms in total. The molecule has 118 valence electrons. The number of piperidine rings is 1. The van der Waals surface area contributed by atoms with Gasteiger partial charge in [-0.05, 0) is 64.2 Å². The van der Waals surface area contributed by atoms with Gasteiger partial charge < -0.3 is 9.64 Å². The molecule has 0 aromatic rings. The molecule has 2 fully saturated rings. The average molecular weight is 281 g/mol. The van der Waals surface area contributed by atoms with E-state index >= 15 is 0 Å². The first-order valence-electron chi connectivity index (χ1n) is 8.99. The number of likely N-dealkylation sites (tertiary alicyclic amines) is 1. The summed E-state index contributed by atoms with van der Waals surface area (Å²) in [5.74, 6) is 1.87. The van der Waals surface area contributed by atoms with Crippen LogP contribution in [0.5, 0.6) is 0 Å². The van der Waals surface area contributed by atoms with Gasteiger partial charge in [-0.2, -0.15) is 0 Å².